The Hall–Kier alpha value is -0.960. The van der Waals surface area contributed by atoms with Gasteiger partial charge in [-0.15, -0.1) is 11.3 Å². The van der Waals surface area contributed by atoms with E-state index in [1.54, 1.807) is 0 Å². The lowest BCUT2D eigenvalue weighted by molar-refractivity contribution is -0.0764. The topological polar surface area (TPSA) is 94.9 Å². The Morgan fingerprint density at radius 2 is 2.00 bits per heavy atom. The fourth-order valence-electron chi connectivity index (χ4n) is 2.31. The van der Waals surface area contributed by atoms with E-state index in [-0.39, 0.29) is 28.1 Å². The summed E-state index contributed by atoms with van der Waals surface area (Å²) in [5, 5.41) is 18.9. The highest BCUT2D eigenvalue weighted by atomic mass is 32.2. The van der Waals surface area contributed by atoms with E-state index in [9.17, 15) is 18.3 Å². The number of carbonyl (C=O) groups is 1. The van der Waals surface area contributed by atoms with Crippen LogP contribution in [0.15, 0.2) is 16.3 Å². The van der Waals surface area contributed by atoms with Crippen molar-refractivity contribution < 1.29 is 23.4 Å². The largest absolute Gasteiger partial charge is 0.477 e. The number of carboxylic acid groups (broad SMARTS) is 1. The van der Waals surface area contributed by atoms with Gasteiger partial charge in [-0.1, -0.05) is 0 Å². The SMILES string of the molecule is O=C(O)c1ccc(S(=O)(=O)N2CC(O)(C3CC3)C2)s1. The summed E-state index contributed by atoms with van der Waals surface area (Å²) in [4.78, 5) is 10.8. The Kier molecular flexibility index (Phi) is 2.76. The van der Waals surface area contributed by atoms with Gasteiger partial charge in [0.2, 0.25) is 0 Å². The van der Waals surface area contributed by atoms with E-state index in [4.69, 9.17) is 5.11 Å². The summed E-state index contributed by atoms with van der Waals surface area (Å²) in [5.74, 6) is -0.915. The van der Waals surface area contributed by atoms with E-state index in [0.717, 1.165) is 24.2 Å². The zero-order valence-corrected chi connectivity index (χ0v) is 11.6. The van der Waals surface area contributed by atoms with Crippen LogP contribution in [-0.2, 0) is 10.0 Å². The molecule has 2 N–H and O–H groups in total. The molecule has 0 spiro atoms. The highest BCUT2D eigenvalue weighted by Gasteiger charge is 2.55. The molecule has 1 aromatic rings. The average Bonchev–Trinajstić information content (AvgIpc) is 3.01. The standard InChI is InChI=1S/C11H13NO5S2/c13-10(14)8-3-4-9(18-8)19(16,17)12-5-11(15,6-12)7-1-2-7/h3-4,7,15H,1-2,5-6H2,(H,13,14). The molecule has 0 bridgehead atoms. The Morgan fingerprint density at radius 1 is 1.37 bits per heavy atom. The van der Waals surface area contributed by atoms with Crippen molar-refractivity contribution in [2.24, 2.45) is 5.92 Å². The molecule has 3 rings (SSSR count). The summed E-state index contributed by atoms with van der Waals surface area (Å²) < 4.78 is 25.7. The number of β-amino-alcohol motifs (C(OH)–C–C–N with tert-alkyl or cyclic N) is 1. The van der Waals surface area contributed by atoms with E-state index in [2.05, 4.69) is 0 Å². The summed E-state index contributed by atoms with van der Waals surface area (Å²) in [5.41, 5.74) is -0.875. The first-order chi connectivity index (χ1) is 8.83. The number of hydrogen-bond acceptors (Lipinski definition) is 5. The first-order valence-electron chi connectivity index (χ1n) is 5.89. The van der Waals surface area contributed by atoms with E-state index in [1.807, 2.05) is 0 Å². The maximum absolute atomic E-state index is 12.2. The number of hydrogen-bond donors (Lipinski definition) is 2. The fraction of sp³-hybridized carbons (Fsp3) is 0.545. The molecule has 1 saturated carbocycles. The summed E-state index contributed by atoms with van der Waals surface area (Å²) >= 11 is 0.739. The van der Waals surface area contributed by atoms with Gasteiger partial charge in [-0.05, 0) is 30.9 Å². The van der Waals surface area contributed by atoms with E-state index < -0.39 is 21.6 Å². The number of aromatic carboxylic acids is 1. The van der Waals surface area contributed by atoms with Crippen LogP contribution in [0.2, 0.25) is 0 Å². The first-order valence-corrected chi connectivity index (χ1v) is 8.14. The molecule has 8 heteroatoms. The summed E-state index contributed by atoms with van der Waals surface area (Å²) in [7, 11) is -3.66. The van der Waals surface area contributed by atoms with Crippen LogP contribution in [0.5, 0.6) is 0 Å². The third kappa shape index (κ3) is 2.08. The maximum Gasteiger partial charge on any atom is 0.345 e. The lowest BCUT2D eigenvalue weighted by Gasteiger charge is -2.45. The quantitative estimate of drug-likeness (QED) is 0.849. The number of aliphatic hydroxyl groups is 1. The molecule has 19 heavy (non-hydrogen) atoms. The summed E-state index contributed by atoms with van der Waals surface area (Å²) in [6.07, 6.45) is 1.90. The van der Waals surface area contributed by atoms with Crippen LogP contribution in [0.25, 0.3) is 0 Å². The van der Waals surface area contributed by atoms with Gasteiger partial charge < -0.3 is 10.2 Å². The molecule has 2 aliphatic rings. The van der Waals surface area contributed by atoms with Gasteiger partial charge in [0.25, 0.3) is 10.0 Å². The third-order valence-electron chi connectivity index (χ3n) is 3.62. The highest BCUT2D eigenvalue weighted by molar-refractivity contribution is 7.91. The molecule has 0 amide bonds. The van der Waals surface area contributed by atoms with Crippen molar-refractivity contribution in [3.05, 3.63) is 17.0 Å². The second-order valence-electron chi connectivity index (χ2n) is 5.07. The van der Waals surface area contributed by atoms with Gasteiger partial charge in [-0.3, -0.25) is 0 Å². The Balaban J connectivity index is 1.78. The number of carboxylic acids is 1. The van der Waals surface area contributed by atoms with Crippen molar-refractivity contribution in [2.45, 2.75) is 22.7 Å². The number of sulfonamides is 1. The van der Waals surface area contributed by atoms with Crippen LogP contribution in [0.4, 0.5) is 0 Å². The Labute approximate surface area is 114 Å². The molecule has 1 aliphatic carbocycles. The molecule has 0 aromatic carbocycles. The smallest absolute Gasteiger partial charge is 0.345 e. The highest BCUT2D eigenvalue weighted by Crippen LogP contribution is 2.46. The zero-order chi connectivity index (χ0) is 13.8. The number of rotatable bonds is 4. The van der Waals surface area contributed by atoms with Gasteiger partial charge in [-0.2, -0.15) is 4.31 Å². The van der Waals surface area contributed by atoms with Crippen molar-refractivity contribution in [2.75, 3.05) is 13.1 Å². The van der Waals surface area contributed by atoms with Crippen LogP contribution in [0, 0.1) is 5.92 Å². The van der Waals surface area contributed by atoms with Gasteiger partial charge in [0.1, 0.15) is 9.09 Å². The number of nitrogens with zero attached hydrogens (tertiary/aromatic N) is 1. The zero-order valence-electron chi connectivity index (χ0n) is 9.94. The van der Waals surface area contributed by atoms with Gasteiger partial charge in [0.05, 0.1) is 5.60 Å². The molecule has 2 fully saturated rings. The minimum absolute atomic E-state index is 0.00319. The normalized spacial score (nSPS) is 23.0. The van der Waals surface area contributed by atoms with E-state index in [0.29, 0.717) is 0 Å². The predicted molar refractivity (Wildman–Crippen MR) is 67.7 cm³/mol. The molecule has 1 aromatic heterocycles. The molecule has 2 heterocycles. The van der Waals surface area contributed by atoms with Crippen molar-refractivity contribution in [3.63, 3.8) is 0 Å². The minimum atomic E-state index is -3.66. The lowest BCUT2D eigenvalue weighted by Crippen LogP contribution is -2.64. The van der Waals surface area contributed by atoms with Crippen LogP contribution >= 0.6 is 11.3 Å². The molecular weight excluding hydrogens is 290 g/mol. The van der Waals surface area contributed by atoms with Crippen LogP contribution in [0.1, 0.15) is 22.5 Å². The molecular formula is C11H13NO5S2. The van der Waals surface area contributed by atoms with Gasteiger partial charge in [0, 0.05) is 13.1 Å². The van der Waals surface area contributed by atoms with Crippen molar-refractivity contribution in [3.8, 4) is 0 Å². The monoisotopic (exact) mass is 303 g/mol. The second-order valence-corrected chi connectivity index (χ2v) is 8.32. The first kappa shape index (κ1) is 13.0. The van der Waals surface area contributed by atoms with Crippen molar-refractivity contribution >= 4 is 27.3 Å². The molecule has 1 saturated heterocycles. The van der Waals surface area contributed by atoms with Crippen LogP contribution in [-0.4, -0.2) is 47.6 Å². The maximum atomic E-state index is 12.2. The van der Waals surface area contributed by atoms with E-state index in [1.165, 1.54) is 16.4 Å². The molecule has 6 nitrogen and oxygen atoms in total. The van der Waals surface area contributed by atoms with Crippen molar-refractivity contribution in [1.82, 2.24) is 4.31 Å². The predicted octanol–water partition coefficient (Wildman–Crippen LogP) is 0.592. The molecule has 0 radical (unpaired) electrons. The molecule has 104 valence electrons. The average molecular weight is 303 g/mol. The molecule has 1 aliphatic heterocycles. The molecule has 0 atom stereocenters. The number of thiophene rings is 1. The Morgan fingerprint density at radius 3 is 2.47 bits per heavy atom. The Bertz CT molecular complexity index is 625. The van der Waals surface area contributed by atoms with Crippen molar-refractivity contribution in [1.29, 1.82) is 0 Å². The van der Waals surface area contributed by atoms with Crippen LogP contribution in [0.3, 0.4) is 0 Å². The van der Waals surface area contributed by atoms with Gasteiger partial charge in [0.15, 0.2) is 0 Å². The second kappa shape index (κ2) is 4.02. The summed E-state index contributed by atoms with van der Waals surface area (Å²) in [6.45, 7) is 0.223. The lowest BCUT2D eigenvalue weighted by atomic mass is 9.91. The van der Waals surface area contributed by atoms with Gasteiger partial charge in [-0.25, -0.2) is 13.2 Å². The third-order valence-corrected chi connectivity index (χ3v) is 6.96. The minimum Gasteiger partial charge on any atom is -0.477 e. The fourth-order valence-corrected chi connectivity index (χ4v) is 5.18. The van der Waals surface area contributed by atoms with Gasteiger partial charge >= 0.3 is 5.97 Å². The van der Waals surface area contributed by atoms with E-state index >= 15 is 0 Å². The van der Waals surface area contributed by atoms with Crippen LogP contribution < -0.4 is 0 Å². The molecule has 0 unspecified atom stereocenters. The summed E-state index contributed by atoms with van der Waals surface area (Å²) in [6, 6.07) is 2.59.